The molecule has 0 radical (unpaired) electrons. The molecule has 0 fully saturated rings. The Bertz CT molecular complexity index is 1280. The average molecular weight is 429 g/mol. The highest BCUT2D eigenvalue weighted by Gasteiger charge is 2.15. The lowest BCUT2D eigenvalue weighted by Crippen LogP contribution is -2.19. The predicted octanol–water partition coefficient (Wildman–Crippen LogP) is 4.62. The van der Waals surface area contributed by atoms with Crippen LogP contribution in [0.1, 0.15) is 15.9 Å². The highest BCUT2D eigenvalue weighted by atomic mass is 16.5. The van der Waals surface area contributed by atoms with Gasteiger partial charge in [0.2, 0.25) is 5.91 Å². The highest BCUT2D eigenvalue weighted by molar-refractivity contribution is 6.10. The van der Waals surface area contributed by atoms with Gasteiger partial charge in [0.25, 0.3) is 5.91 Å². The number of hydrogen-bond acceptors (Lipinski definition) is 4. The number of anilines is 2. The van der Waals surface area contributed by atoms with Crippen LogP contribution in [0.4, 0.5) is 11.4 Å². The summed E-state index contributed by atoms with van der Waals surface area (Å²) in [5.41, 5.74) is 3.17. The summed E-state index contributed by atoms with van der Waals surface area (Å²) in [6, 6.07) is 19.6. The van der Waals surface area contributed by atoms with E-state index in [1.165, 1.54) is 0 Å². The van der Waals surface area contributed by atoms with Gasteiger partial charge in [0.05, 0.1) is 31.9 Å². The maximum atomic E-state index is 12.9. The number of methoxy groups -OCH3 is 2. The summed E-state index contributed by atoms with van der Waals surface area (Å²) < 4.78 is 10.5. The Morgan fingerprint density at radius 2 is 1.66 bits per heavy atom. The normalized spacial score (nSPS) is 10.6. The van der Waals surface area contributed by atoms with Gasteiger partial charge in [0.15, 0.2) is 0 Å². The predicted molar refractivity (Wildman–Crippen MR) is 125 cm³/mol. The van der Waals surface area contributed by atoms with Crippen LogP contribution in [0.15, 0.2) is 72.9 Å². The molecule has 4 aromatic rings. The molecule has 1 heterocycles. The quantitative estimate of drug-likeness (QED) is 0.400. The Morgan fingerprint density at radius 3 is 2.47 bits per heavy atom. The van der Waals surface area contributed by atoms with Crippen LogP contribution in [-0.4, -0.2) is 31.0 Å². The fourth-order valence-electron chi connectivity index (χ4n) is 3.49. The van der Waals surface area contributed by atoms with Crippen LogP contribution in [0, 0.1) is 0 Å². The average Bonchev–Trinajstić information content (AvgIpc) is 3.21. The first-order chi connectivity index (χ1) is 15.6. The largest absolute Gasteiger partial charge is 0.497 e. The van der Waals surface area contributed by atoms with Gasteiger partial charge in [-0.15, -0.1) is 0 Å². The van der Waals surface area contributed by atoms with Crippen molar-refractivity contribution in [2.75, 3.05) is 24.9 Å². The van der Waals surface area contributed by atoms with Gasteiger partial charge in [-0.1, -0.05) is 18.2 Å². The monoisotopic (exact) mass is 429 g/mol. The van der Waals surface area contributed by atoms with Crippen molar-refractivity contribution in [3.63, 3.8) is 0 Å². The second kappa shape index (κ2) is 9.26. The van der Waals surface area contributed by atoms with E-state index < -0.39 is 0 Å². The summed E-state index contributed by atoms with van der Waals surface area (Å²) in [4.78, 5) is 28.8. The van der Waals surface area contributed by atoms with Crippen LogP contribution < -0.4 is 20.1 Å². The number of rotatable bonds is 7. The molecule has 7 nitrogen and oxygen atoms in total. The fraction of sp³-hybridized carbons (Fsp3) is 0.120. The van der Waals surface area contributed by atoms with Crippen LogP contribution in [0.3, 0.4) is 0 Å². The first kappa shape index (κ1) is 21.0. The maximum absolute atomic E-state index is 12.9. The number of fused-ring (bicyclic) bond motifs is 1. The molecule has 0 atom stereocenters. The van der Waals surface area contributed by atoms with Crippen LogP contribution in [0.5, 0.6) is 11.5 Å². The minimum atomic E-state index is -0.328. The zero-order valence-electron chi connectivity index (χ0n) is 17.8. The van der Waals surface area contributed by atoms with Crippen molar-refractivity contribution >= 4 is 34.1 Å². The lowest BCUT2D eigenvalue weighted by molar-refractivity contribution is -0.115. The number of amides is 2. The minimum Gasteiger partial charge on any atom is -0.497 e. The van der Waals surface area contributed by atoms with E-state index in [0.29, 0.717) is 22.7 Å². The molecule has 0 saturated heterocycles. The molecule has 0 bridgehead atoms. The van der Waals surface area contributed by atoms with Gasteiger partial charge in [-0.05, 0) is 48.0 Å². The van der Waals surface area contributed by atoms with Gasteiger partial charge in [0.1, 0.15) is 11.5 Å². The lowest BCUT2D eigenvalue weighted by Gasteiger charge is -2.12. The number of carbonyl (C=O) groups is 2. The van der Waals surface area contributed by atoms with Crippen molar-refractivity contribution in [3.8, 4) is 11.5 Å². The molecule has 4 rings (SSSR count). The summed E-state index contributed by atoms with van der Waals surface area (Å²) >= 11 is 0. The first-order valence-corrected chi connectivity index (χ1v) is 10.1. The molecule has 1 aromatic heterocycles. The van der Waals surface area contributed by atoms with Crippen LogP contribution >= 0.6 is 0 Å². The second-order valence-electron chi connectivity index (χ2n) is 7.18. The third-order valence-corrected chi connectivity index (χ3v) is 5.10. The maximum Gasteiger partial charge on any atom is 0.257 e. The van der Waals surface area contributed by atoms with E-state index in [1.807, 2.05) is 24.4 Å². The van der Waals surface area contributed by atoms with Crippen molar-refractivity contribution in [2.45, 2.75) is 6.42 Å². The molecule has 3 N–H and O–H groups in total. The van der Waals surface area contributed by atoms with Crippen molar-refractivity contribution < 1.29 is 19.1 Å². The van der Waals surface area contributed by atoms with Crippen LogP contribution in [0.25, 0.3) is 10.9 Å². The second-order valence-corrected chi connectivity index (χ2v) is 7.18. The molecule has 0 aliphatic heterocycles. The molecular weight excluding hydrogens is 406 g/mol. The minimum absolute atomic E-state index is 0.152. The Kier molecular flexibility index (Phi) is 6.07. The number of para-hydroxylation sites is 1. The Morgan fingerprint density at radius 1 is 0.875 bits per heavy atom. The molecule has 0 aliphatic rings. The van der Waals surface area contributed by atoms with Crippen LogP contribution in [0.2, 0.25) is 0 Å². The smallest absolute Gasteiger partial charge is 0.257 e. The van der Waals surface area contributed by atoms with Crippen molar-refractivity contribution in [1.82, 2.24) is 4.98 Å². The van der Waals surface area contributed by atoms with E-state index in [-0.39, 0.29) is 18.2 Å². The van der Waals surface area contributed by atoms with E-state index in [1.54, 1.807) is 62.8 Å². The van der Waals surface area contributed by atoms with Gasteiger partial charge < -0.3 is 25.1 Å². The van der Waals surface area contributed by atoms with Gasteiger partial charge >= 0.3 is 0 Å². The van der Waals surface area contributed by atoms with E-state index in [4.69, 9.17) is 9.47 Å². The summed E-state index contributed by atoms with van der Waals surface area (Å²) in [5.74, 6) is 0.805. The number of aromatic amines is 1. The van der Waals surface area contributed by atoms with E-state index >= 15 is 0 Å². The van der Waals surface area contributed by atoms with Crippen molar-refractivity contribution in [3.05, 3.63) is 84.1 Å². The summed E-state index contributed by atoms with van der Waals surface area (Å²) in [6.07, 6.45) is 1.96. The van der Waals surface area contributed by atoms with Crippen LogP contribution in [-0.2, 0) is 11.2 Å². The topological polar surface area (TPSA) is 92.5 Å². The number of carbonyl (C=O) groups excluding carboxylic acids is 2. The fourth-order valence-corrected chi connectivity index (χ4v) is 3.49. The SMILES string of the molecule is COc1cccc(NC(=O)c2ccccc2NC(=O)Cc2c[nH]c3ccc(OC)cc23)c1. The molecule has 32 heavy (non-hydrogen) atoms. The number of nitrogens with one attached hydrogen (secondary N) is 3. The molecule has 0 aliphatic carbocycles. The van der Waals surface area contributed by atoms with Gasteiger partial charge in [-0.3, -0.25) is 9.59 Å². The number of ether oxygens (including phenoxy) is 2. The number of benzene rings is 3. The van der Waals surface area contributed by atoms with Crippen molar-refractivity contribution in [1.29, 1.82) is 0 Å². The van der Waals surface area contributed by atoms with Gasteiger partial charge in [-0.2, -0.15) is 0 Å². The third kappa shape index (κ3) is 4.57. The number of hydrogen-bond donors (Lipinski definition) is 3. The number of aromatic nitrogens is 1. The first-order valence-electron chi connectivity index (χ1n) is 10.1. The highest BCUT2D eigenvalue weighted by Crippen LogP contribution is 2.25. The Balaban J connectivity index is 1.50. The van der Waals surface area contributed by atoms with Crippen molar-refractivity contribution in [2.24, 2.45) is 0 Å². The molecule has 0 unspecified atom stereocenters. The van der Waals surface area contributed by atoms with Gasteiger partial charge in [0, 0.05) is 28.9 Å². The van der Waals surface area contributed by atoms with Gasteiger partial charge in [-0.25, -0.2) is 0 Å². The van der Waals surface area contributed by atoms with E-state index in [0.717, 1.165) is 22.2 Å². The molecule has 0 spiro atoms. The Labute approximate surface area is 185 Å². The molecule has 7 heteroatoms. The Hall–Kier alpha value is -4.26. The molecule has 3 aromatic carbocycles. The molecule has 2 amide bonds. The van der Waals surface area contributed by atoms with E-state index in [2.05, 4.69) is 15.6 Å². The zero-order chi connectivity index (χ0) is 22.5. The zero-order valence-corrected chi connectivity index (χ0v) is 17.8. The summed E-state index contributed by atoms with van der Waals surface area (Å²) in [6.45, 7) is 0. The molecule has 162 valence electrons. The number of H-pyrrole nitrogens is 1. The van der Waals surface area contributed by atoms with E-state index in [9.17, 15) is 9.59 Å². The third-order valence-electron chi connectivity index (χ3n) is 5.10. The summed E-state index contributed by atoms with van der Waals surface area (Å²) in [5, 5.41) is 6.62. The molecule has 0 saturated carbocycles. The standard InChI is InChI=1S/C25H23N3O4/c1-31-18-7-5-6-17(13-18)27-25(30)20-8-3-4-9-23(20)28-24(29)12-16-15-26-22-11-10-19(32-2)14-21(16)22/h3-11,13-15,26H,12H2,1-2H3,(H,27,30)(H,28,29). The summed E-state index contributed by atoms with van der Waals surface area (Å²) in [7, 11) is 3.17. The lowest BCUT2D eigenvalue weighted by atomic mass is 10.1. The molecular formula is C25H23N3O4.